The van der Waals surface area contributed by atoms with Crippen LogP contribution >= 0.6 is 11.3 Å². The Morgan fingerprint density at radius 2 is 2.00 bits per heavy atom. The molecular weight excluding hydrogens is 442 g/mol. The minimum atomic E-state index is 0.233. The summed E-state index contributed by atoms with van der Waals surface area (Å²) in [6.07, 6.45) is 12.8. The number of ketones is 1. The minimum absolute atomic E-state index is 0.233. The number of aromatic amines is 1. The fourth-order valence-corrected chi connectivity index (χ4v) is 5.93. The summed E-state index contributed by atoms with van der Waals surface area (Å²) in [6.45, 7) is 6.82. The molecule has 1 aromatic carbocycles. The number of thiazole rings is 1. The van der Waals surface area contributed by atoms with Gasteiger partial charge in [0.1, 0.15) is 0 Å². The average molecular weight is 476 g/mol. The minimum Gasteiger partial charge on any atom is -0.370 e. The molecule has 0 saturated carbocycles. The first-order valence-electron chi connectivity index (χ1n) is 12.4. The zero-order valence-corrected chi connectivity index (χ0v) is 20.7. The van der Waals surface area contributed by atoms with E-state index in [1.54, 1.807) is 17.5 Å². The van der Waals surface area contributed by atoms with Crippen LogP contribution in [0.2, 0.25) is 0 Å². The molecule has 5 rings (SSSR count). The third kappa shape index (κ3) is 5.09. The van der Waals surface area contributed by atoms with Gasteiger partial charge in [-0.2, -0.15) is 0 Å². The second-order valence-electron chi connectivity index (χ2n) is 9.33. The van der Waals surface area contributed by atoms with Crippen molar-refractivity contribution in [1.82, 2.24) is 14.9 Å². The van der Waals surface area contributed by atoms with E-state index in [9.17, 15) is 4.79 Å². The largest absolute Gasteiger partial charge is 0.370 e. The van der Waals surface area contributed by atoms with Gasteiger partial charge >= 0.3 is 0 Å². The highest BCUT2D eigenvalue weighted by molar-refractivity contribution is 7.17. The lowest BCUT2D eigenvalue weighted by Crippen LogP contribution is -2.46. The fraction of sp³-hybridized carbons (Fsp3) is 0.444. The van der Waals surface area contributed by atoms with Crippen molar-refractivity contribution in [1.29, 1.82) is 0 Å². The molecule has 178 valence electrons. The van der Waals surface area contributed by atoms with Crippen LogP contribution in [0.5, 0.6) is 0 Å². The summed E-state index contributed by atoms with van der Waals surface area (Å²) in [5.41, 5.74) is 3.79. The molecule has 34 heavy (non-hydrogen) atoms. The normalized spacial score (nSPS) is 16.9. The number of anilines is 1. The van der Waals surface area contributed by atoms with Crippen molar-refractivity contribution in [2.24, 2.45) is 10.9 Å². The first-order chi connectivity index (χ1) is 16.7. The van der Waals surface area contributed by atoms with E-state index in [0.29, 0.717) is 12.3 Å². The van der Waals surface area contributed by atoms with Gasteiger partial charge in [-0.3, -0.25) is 9.79 Å². The average Bonchev–Trinajstić information content (AvgIpc) is 3.64. The van der Waals surface area contributed by atoms with Crippen molar-refractivity contribution in [3.63, 3.8) is 0 Å². The van der Waals surface area contributed by atoms with Gasteiger partial charge in [0.15, 0.2) is 10.9 Å². The van der Waals surface area contributed by atoms with Gasteiger partial charge in [-0.1, -0.05) is 49.3 Å². The van der Waals surface area contributed by atoms with Crippen molar-refractivity contribution in [3.8, 4) is 0 Å². The summed E-state index contributed by atoms with van der Waals surface area (Å²) in [5.74, 6) is 0.583. The maximum Gasteiger partial charge on any atom is 0.186 e. The van der Waals surface area contributed by atoms with Crippen LogP contribution in [0.4, 0.5) is 5.13 Å². The molecule has 7 heteroatoms. The number of Topliss-reactive ketones (excluding diaryl/α,β-unsaturated/α-hetero) is 1. The number of para-hydroxylation sites is 1. The highest BCUT2D eigenvalue weighted by Crippen LogP contribution is 2.29. The molecule has 2 aliphatic rings. The highest BCUT2D eigenvalue weighted by Gasteiger charge is 2.24. The highest BCUT2D eigenvalue weighted by atomic mass is 32.1. The van der Waals surface area contributed by atoms with Crippen molar-refractivity contribution in [2.45, 2.75) is 39.0 Å². The SMILES string of the molecule is CCCCC(CC(=O)c1cnc(N2CCN(C3=CC=NC3)CC2)s1)Cc1c[nH]c2ccccc12. The molecule has 1 fully saturated rings. The number of aliphatic imine (C=N–C) groups is 1. The van der Waals surface area contributed by atoms with Crippen molar-refractivity contribution >= 4 is 39.4 Å². The molecule has 1 atom stereocenters. The number of benzene rings is 1. The summed E-state index contributed by atoms with van der Waals surface area (Å²) >= 11 is 1.56. The Balaban J connectivity index is 1.21. The van der Waals surface area contributed by atoms with Gasteiger partial charge in [-0.25, -0.2) is 4.98 Å². The quantitative estimate of drug-likeness (QED) is 0.402. The zero-order chi connectivity index (χ0) is 23.3. The fourth-order valence-electron chi connectivity index (χ4n) is 5.01. The van der Waals surface area contributed by atoms with E-state index in [4.69, 9.17) is 0 Å². The molecule has 2 aliphatic heterocycles. The van der Waals surface area contributed by atoms with E-state index < -0.39 is 0 Å². The Hall–Kier alpha value is -2.93. The molecule has 0 bridgehead atoms. The second-order valence-corrected chi connectivity index (χ2v) is 10.3. The Labute approximate surface area is 205 Å². The lowest BCUT2D eigenvalue weighted by molar-refractivity contribution is 0.0962. The molecule has 0 spiro atoms. The van der Waals surface area contributed by atoms with Crippen LogP contribution in [0.3, 0.4) is 0 Å². The molecular formula is C27H33N5OS. The number of rotatable bonds is 10. The molecule has 6 nitrogen and oxygen atoms in total. The Morgan fingerprint density at radius 3 is 2.79 bits per heavy atom. The van der Waals surface area contributed by atoms with Gasteiger partial charge in [-0.05, 0) is 36.5 Å². The Morgan fingerprint density at radius 1 is 1.18 bits per heavy atom. The molecule has 0 radical (unpaired) electrons. The third-order valence-electron chi connectivity index (χ3n) is 6.97. The molecule has 2 aromatic heterocycles. The maximum absolute atomic E-state index is 13.2. The zero-order valence-electron chi connectivity index (χ0n) is 19.9. The first kappa shape index (κ1) is 22.8. The van der Waals surface area contributed by atoms with Crippen LogP contribution in [-0.2, 0) is 6.42 Å². The Kier molecular flexibility index (Phi) is 7.09. The van der Waals surface area contributed by atoms with E-state index in [-0.39, 0.29) is 5.78 Å². The lowest BCUT2D eigenvalue weighted by Gasteiger charge is -2.36. The van der Waals surface area contributed by atoms with Crippen LogP contribution in [0, 0.1) is 5.92 Å². The van der Waals surface area contributed by atoms with E-state index >= 15 is 0 Å². The maximum atomic E-state index is 13.2. The molecule has 1 N–H and O–H groups in total. The van der Waals surface area contributed by atoms with Gasteiger partial charge in [0.2, 0.25) is 0 Å². The second kappa shape index (κ2) is 10.6. The first-order valence-corrected chi connectivity index (χ1v) is 13.3. The van der Waals surface area contributed by atoms with Gasteiger partial charge < -0.3 is 14.8 Å². The number of nitrogens with one attached hydrogen (secondary N) is 1. The molecule has 4 heterocycles. The number of carbonyl (C=O) groups excluding carboxylic acids is 1. The number of unbranched alkanes of at least 4 members (excludes halogenated alkanes) is 1. The van der Waals surface area contributed by atoms with Crippen molar-refractivity contribution in [3.05, 3.63) is 58.9 Å². The summed E-state index contributed by atoms with van der Waals surface area (Å²) in [5, 5.41) is 2.25. The molecule has 0 amide bonds. The number of piperazine rings is 1. The Bertz CT molecular complexity index is 1180. The van der Waals surface area contributed by atoms with Crippen LogP contribution in [0.15, 0.2) is 53.4 Å². The predicted molar refractivity (Wildman–Crippen MR) is 141 cm³/mol. The third-order valence-corrected chi connectivity index (χ3v) is 8.07. The number of allylic oxidation sites excluding steroid dienone is 1. The molecule has 3 aromatic rings. The van der Waals surface area contributed by atoms with Crippen molar-refractivity contribution < 1.29 is 4.79 Å². The van der Waals surface area contributed by atoms with E-state index in [1.807, 2.05) is 6.21 Å². The van der Waals surface area contributed by atoms with E-state index in [1.165, 1.54) is 22.2 Å². The molecule has 0 aliphatic carbocycles. The van der Waals surface area contributed by atoms with Gasteiger partial charge in [0, 0.05) is 61.6 Å². The summed E-state index contributed by atoms with van der Waals surface area (Å²) in [7, 11) is 0. The van der Waals surface area contributed by atoms with Crippen LogP contribution in [0.1, 0.15) is 47.8 Å². The number of nitrogens with zero attached hydrogens (tertiary/aromatic N) is 4. The number of hydrogen-bond acceptors (Lipinski definition) is 6. The number of aromatic nitrogens is 2. The van der Waals surface area contributed by atoms with Crippen molar-refractivity contribution in [2.75, 3.05) is 37.6 Å². The standard InChI is InChI=1S/C27H33N5OS/c1-2-3-6-20(15-21-17-29-24-8-5-4-7-23(21)24)16-25(33)26-19-30-27(34-26)32-13-11-31(12-14-32)22-9-10-28-18-22/h4-5,7-10,17,19-20,29H,2-3,6,11-16,18H2,1H3. The van der Waals surface area contributed by atoms with Gasteiger partial charge in [0.25, 0.3) is 0 Å². The predicted octanol–water partition coefficient (Wildman–Crippen LogP) is 5.34. The topological polar surface area (TPSA) is 64.6 Å². The van der Waals surface area contributed by atoms with Gasteiger partial charge in [-0.15, -0.1) is 0 Å². The number of H-pyrrole nitrogens is 1. The number of fused-ring (bicyclic) bond motifs is 1. The van der Waals surface area contributed by atoms with Crippen LogP contribution in [-0.4, -0.2) is 59.6 Å². The summed E-state index contributed by atoms with van der Waals surface area (Å²) in [6, 6.07) is 8.43. The summed E-state index contributed by atoms with van der Waals surface area (Å²) < 4.78 is 0. The van der Waals surface area contributed by atoms with Crippen LogP contribution < -0.4 is 4.90 Å². The van der Waals surface area contributed by atoms with E-state index in [2.05, 4.69) is 68.2 Å². The number of carbonyl (C=O) groups is 1. The molecule has 1 saturated heterocycles. The number of hydrogen-bond donors (Lipinski definition) is 1. The monoisotopic (exact) mass is 475 g/mol. The van der Waals surface area contributed by atoms with Crippen LogP contribution in [0.25, 0.3) is 10.9 Å². The smallest absolute Gasteiger partial charge is 0.186 e. The van der Waals surface area contributed by atoms with E-state index in [0.717, 1.165) is 68.4 Å². The van der Waals surface area contributed by atoms with Gasteiger partial charge in [0.05, 0.1) is 17.6 Å². The summed E-state index contributed by atoms with van der Waals surface area (Å²) in [4.78, 5) is 31.1. The molecule has 1 unspecified atom stereocenters. The lowest BCUT2D eigenvalue weighted by atomic mass is 9.89.